The van der Waals surface area contributed by atoms with Gasteiger partial charge in [-0.15, -0.1) is 0 Å². The Labute approximate surface area is 124 Å². The van der Waals surface area contributed by atoms with Gasteiger partial charge in [-0.05, 0) is 0 Å². The minimum Gasteiger partial charge on any atom is -0.479 e. The Morgan fingerprint density at radius 3 is 2.29 bits per heavy atom. The van der Waals surface area contributed by atoms with Gasteiger partial charge in [-0.3, -0.25) is 0 Å². The van der Waals surface area contributed by atoms with E-state index in [1.165, 1.54) is 0 Å². The van der Waals surface area contributed by atoms with E-state index in [1.54, 1.807) is 27.7 Å². The van der Waals surface area contributed by atoms with Crippen LogP contribution in [0.5, 0.6) is 0 Å². The topological polar surface area (TPSA) is 127 Å². The second-order valence-electron chi connectivity index (χ2n) is 6.84. The highest BCUT2D eigenvalue weighted by Crippen LogP contribution is 2.45. The fourth-order valence-electron chi connectivity index (χ4n) is 2.74. The van der Waals surface area contributed by atoms with Crippen molar-refractivity contribution in [1.82, 2.24) is 0 Å². The molecule has 0 aromatic heterocycles. The zero-order valence-electron chi connectivity index (χ0n) is 12.9. The molecule has 0 saturated carbocycles. The Balaban J connectivity index is 3.20. The minimum absolute atomic E-state index is 0.106. The van der Waals surface area contributed by atoms with E-state index < -0.39 is 53.9 Å². The smallest absolute Gasteiger partial charge is 0.336 e. The molecule has 1 rings (SSSR count). The molecular formula is C14H26O7. The predicted octanol–water partition coefficient (Wildman–Crippen LogP) is -0.644. The van der Waals surface area contributed by atoms with Crippen molar-refractivity contribution in [3.63, 3.8) is 0 Å². The van der Waals surface area contributed by atoms with Gasteiger partial charge < -0.3 is 30.3 Å². The fourth-order valence-corrected chi connectivity index (χ4v) is 2.74. The number of carbonyl (C=O) groups is 1. The first-order valence-electron chi connectivity index (χ1n) is 7.04. The Morgan fingerprint density at radius 1 is 1.38 bits per heavy atom. The van der Waals surface area contributed by atoms with Gasteiger partial charge in [0.1, 0.15) is 12.2 Å². The molecular weight excluding hydrogens is 280 g/mol. The Morgan fingerprint density at radius 2 is 1.90 bits per heavy atom. The lowest BCUT2D eigenvalue weighted by molar-refractivity contribution is -0.261. The summed E-state index contributed by atoms with van der Waals surface area (Å²) in [5.74, 6) is -1.80. The third-order valence-electron chi connectivity index (χ3n) is 4.43. The van der Waals surface area contributed by atoms with E-state index in [0.717, 1.165) is 0 Å². The molecule has 0 aliphatic carbocycles. The van der Waals surface area contributed by atoms with Gasteiger partial charge in [0.2, 0.25) is 0 Å². The molecule has 1 aliphatic heterocycles. The molecule has 1 fully saturated rings. The van der Waals surface area contributed by atoms with Crippen LogP contribution in [0.1, 0.15) is 34.1 Å². The van der Waals surface area contributed by atoms with E-state index in [9.17, 15) is 25.2 Å². The van der Waals surface area contributed by atoms with Crippen molar-refractivity contribution in [3.05, 3.63) is 0 Å². The van der Waals surface area contributed by atoms with Gasteiger partial charge >= 0.3 is 5.97 Å². The molecule has 0 spiro atoms. The third-order valence-corrected chi connectivity index (χ3v) is 4.43. The molecule has 0 bridgehead atoms. The predicted molar refractivity (Wildman–Crippen MR) is 73.6 cm³/mol. The van der Waals surface area contributed by atoms with Crippen LogP contribution in [0.25, 0.3) is 0 Å². The van der Waals surface area contributed by atoms with Crippen LogP contribution in [0.15, 0.2) is 0 Å². The second-order valence-corrected chi connectivity index (χ2v) is 6.84. The SMILES string of the molecule is C[C@H]1C([C@H](O)[C@H](O)CO)O[C@](C(=O)O)(C(C)(C)C)C[C@H]1O. The molecule has 0 radical (unpaired) electrons. The highest BCUT2D eigenvalue weighted by atomic mass is 16.6. The van der Waals surface area contributed by atoms with Crippen LogP contribution in [-0.2, 0) is 9.53 Å². The molecule has 0 aromatic carbocycles. The molecule has 1 unspecified atom stereocenters. The highest BCUT2D eigenvalue weighted by molar-refractivity contribution is 5.79. The third kappa shape index (κ3) is 3.22. The van der Waals surface area contributed by atoms with Crippen LogP contribution in [0, 0.1) is 11.3 Å². The normalized spacial score (nSPS) is 37.0. The van der Waals surface area contributed by atoms with E-state index >= 15 is 0 Å². The zero-order chi connectivity index (χ0) is 16.6. The van der Waals surface area contributed by atoms with Gasteiger partial charge in [-0.2, -0.15) is 0 Å². The first kappa shape index (κ1) is 18.3. The summed E-state index contributed by atoms with van der Waals surface area (Å²) < 4.78 is 5.69. The van der Waals surface area contributed by atoms with Crippen molar-refractivity contribution in [2.45, 2.75) is 64.1 Å². The largest absolute Gasteiger partial charge is 0.479 e. The second kappa shape index (κ2) is 6.18. The number of hydrogen-bond acceptors (Lipinski definition) is 6. The molecule has 0 amide bonds. The monoisotopic (exact) mass is 306 g/mol. The van der Waals surface area contributed by atoms with Gasteiger partial charge in [-0.25, -0.2) is 4.79 Å². The molecule has 1 aliphatic rings. The maximum absolute atomic E-state index is 11.8. The number of carboxylic acid groups (broad SMARTS) is 1. The summed E-state index contributed by atoms with van der Waals surface area (Å²) in [7, 11) is 0. The molecule has 1 saturated heterocycles. The number of ether oxygens (including phenoxy) is 1. The molecule has 7 nitrogen and oxygen atoms in total. The molecule has 7 heteroatoms. The number of aliphatic hydroxyl groups excluding tert-OH is 4. The molecule has 124 valence electrons. The number of carboxylic acids is 1. The average Bonchev–Trinajstić information content (AvgIpc) is 2.38. The summed E-state index contributed by atoms with van der Waals surface area (Å²) in [5, 5.41) is 48.4. The number of aliphatic carboxylic acids is 1. The van der Waals surface area contributed by atoms with E-state index in [2.05, 4.69) is 0 Å². The van der Waals surface area contributed by atoms with Crippen LogP contribution in [0.4, 0.5) is 0 Å². The van der Waals surface area contributed by atoms with Crippen molar-refractivity contribution >= 4 is 5.97 Å². The fraction of sp³-hybridized carbons (Fsp3) is 0.929. The summed E-state index contributed by atoms with van der Waals surface area (Å²) in [5.41, 5.74) is -2.51. The molecule has 1 heterocycles. The van der Waals surface area contributed by atoms with Crippen LogP contribution < -0.4 is 0 Å². The van der Waals surface area contributed by atoms with Crippen molar-refractivity contribution in [3.8, 4) is 0 Å². The summed E-state index contributed by atoms with van der Waals surface area (Å²) >= 11 is 0. The van der Waals surface area contributed by atoms with Gasteiger partial charge in [-0.1, -0.05) is 27.7 Å². The Hall–Kier alpha value is -0.730. The standard InChI is InChI=1S/C14H26O7/c1-7-8(16)5-14(12(19)20,13(2,3)4)21-11(7)10(18)9(17)6-15/h7-11,15-18H,5-6H2,1-4H3,(H,19,20)/t7-,8-,9-,10-,11?,14-/m1/s1. The van der Waals surface area contributed by atoms with Crippen LogP contribution in [0.2, 0.25) is 0 Å². The quantitative estimate of drug-likeness (QED) is 0.467. The highest BCUT2D eigenvalue weighted by Gasteiger charge is 2.58. The molecule has 0 aromatic rings. The van der Waals surface area contributed by atoms with E-state index in [0.29, 0.717) is 0 Å². The molecule has 6 atom stereocenters. The van der Waals surface area contributed by atoms with Crippen molar-refractivity contribution < 1.29 is 35.1 Å². The van der Waals surface area contributed by atoms with Gasteiger partial charge in [0.25, 0.3) is 0 Å². The van der Waals surface area contributed by atoms with Crippen LogP contribution in [-0.4, -0.2) is 68.1 Å². The maximum Gasteiger partial charge on any atom is 0.336 e. The summed E-state index contributed by atoms with van der Waals surface area (Å²) in [6.07, 6.45) is -5.15. The Kier molecular flexibility index (Phi) is 5.39. The Bertz CT molecular complexity index is 378. The van der Waals surface area contributed by atoms with E-state index in [-0.39, 0.29) is 6.42 Å². The van der Waals surface area contributed by atoms with Crippen LogP contribution >= 0.6 is 0 Å². The molecule has 21 heavy (non-hydrogen) atoms. The van der Waals surface area contributed by atoms with Crippen molar-refractivity contribution in [2.75, 3.05) is 6.61 Å². The first-order valence-corrected chi connectivity index (χ1v) is 7.04. The molecule has 5 N–H and O–H groups in total. The number of rotatable bonds is 4. The lowest BCUT2D eigenvalue weighted by Crippen LogP contribution is -2.64. The summed E-state index contributed by atoms with van der Waals surface area (Å²) in [6, 6.07) is 0. The number of aliphatic hydroxyl groups is 4. The van der Waals surface area contributed by atoms with Crippen molar-refractivity contribution in [2.24, 2.45) is 11.3 Å². The zero-order valence-corrected chi connectivity index (χ0v) is 12.9. The number of hydrogen-bond donors (Lipinski definition) is 5. The summed E-state index contributed by atoms with van der Waals surface area (Å²) in [4.78, 5) is 11.8. The van der Waals surface area contributed by atoms with E-state index in [4.69, 9.17) is 9.84 Å². The summed E-state index contributed by atoms with van der Waals surface area (Å²) in [6.45, 7) is 5.96. The van der Waals surface area contributed by atoms with Gasteiger partial charge in [0.05, 0.1) is 18.8 Å². The van der Waals surface area contributed by atoms with Crippen molar-refractivity contribution in [1.29, 1.82) is 0 Å². The van der Waals surface area contributed by atoms with Gasteiger partial charge in [0, 0.05) is 17.8 Å². The first-order chi connectivity index (χ1) is 9.48. The van der Waals surface area contributed by atoms with E-state index in [1.807, 2.05) is 0 Å². The lowest BCUT2D eigenvalue weighted by atomic mass is 9.68. The average molecular weight is 306 g/mol. The van der Waals surface area contributed by atoms with Gasteiger partial charge in [0.15, 0.2) is 5.60 Å². The minimum atomic E-state index is -1.68. The van der Waals surface area contributed by atoms with Crippen LogP contribution in [0.3, 0.4) is 0 Å². The maximum atomic E-state index is 11.8. The lowest BCUT2D eigenvalue weighted by Gasteiger charge is -2.51.